The maximum atomic E-state index is 13.0. The smallest absolute Gasteiger partial charge is 0.390 e. The molecule has 20 heavy (non-hydrogen) atoms. The van der Waals surface area contributed by atoms with E-state index in [9.17, 15) is 28.4 Å². The number of rotatable bonds is 5. The van der Waals surface area contributed by atoms with E-state index in [1.807, 2.05) is 0 Å². The molecule has 1 atom stereocenters. The van der Waals surface area contributed by atoms with Gasteiger partial charge in [0.2, 0.25) is 0 Å². The van der Waals surface area contributed by atoms with Crippen LogP contribution < -0.4 is 5.32 Å². The molecule has 0 fully saturated rings. The Hall–Kier alpha value is -1.06. The summed E-state index contributed by atoms with van der Waals surface area (Å²) in [6.45, 7) is -0.343. The predicted octanol–water partition coefficient (Wildman–Crippen LogP) is 3.39. The maximum absolute atomic E-state index is 13.0. The molecule has 0 saturated heterocycles. The zero-order chi connectivity index (χ0) is 15.5. The molecule has 1 aromatic rings. The quantitative estimate of drug-likeness (QED) is 0.468. The molecule has 0 aliphatic rings. The third-order valence-electron chi connectivity index (χ3n) is 2.31. The third-order valence-corrected chi connectivity index (χ3v) is 3.32. The summed E-state index contributed by atoms with van der Waals surface area (Å²) >= 11 is 8.05. The molecule has 0 aliphatic heterocycles. The van der Waals surface area contributed by atoms with Gasteiger partial charge in [-0.1, -0.05) is 15.9 Å². The van der Waals surface area contributed by atoms with Gasteiger partial charge in [-0.05, 0) is 6.07 Å². The van der Waals surface area contributed by atoms with E-state index >= 15 is 0 Å². The number of nitro groups is 1. The van der Waals surface area contributed by atoms with Gasteiger partial charge in [0, 0.05) is 17.1 Å². The molecule has 0 aliphatic carbocycles. The summed E-state index contributed by atoms with van der Waals surface area (Å²) in [5.41, 5.74) is -2.64. The Balaban J connectivity index is 3.34. The summed E-state index contributed by atoms with van der Waals surface area (Å²) in [4.78, 5) is 9.89. The number of aliphatic hydroxyl groups is 1. The fourth-order valence-electron chi connectivity index (χ4n) is 1.45. The molecule has 0 saturated carbocycles. The van der Waals surface area contributed by atoms with Crippen molar-refractivity contribution in [2.24, 2.45) is 0 Å². The van der Waals surface area contributed by atoms with Crippen LogP contribution in [0.2, 0.25) is 0 Å². The third kappa shape index (κ3) is 3.97. The van der Waals surface area contributed by atoms with Gasteiger partial charge in [-0.2, -0.15) is 13.2 Å². The summed E-state index contributed by atoms with van der Waals surface area (Å²) in [5, 5.41) is 22.3. The van der Waals surface area contributed by atoms with Crippen LogP contribution in [0.4, 0.5) is 24.5 Å². The number of halogens is 5. The molecule has 0 radical (unpaired) electrons. The van der Waals surface area contributed by atoms with E-state index in [0.717, 1.165) is 12.1 Å². The van der Waals surface area contributed by atoms with Gasteiger partial charge in [-0.3, -0.25) is 10.1 Å². The number of nitrogens with zero attached hydrogens (tertiary/aromatic N) is 1. The minimum Gasteiger partial charge on any atom is -0.390 e. The van der Waals surface area contributed by atoms with Crippen LogP contribution in [0.15, 0.2) is 16.6 Å². The second kappa shape index (κ2) is 6.59. The van der Waals surface area contributed by atoms with Crippen LogP contribution in [-0.2, 0) is 6.18 Å². The van der Waals surface area contributed by atoms with Crippen molar-refractivity contribution >= 4 is 38.9 Å². The average molecular weight is 378 g/mol. The van der Waals surface area contributed by atoms with Gasteiger partial charge in [0.15, 0.2) is 0 Å². The lowest BCUT2D eigenvalue weighted by molar-refractivity contribution is -0.384. The molecule has 0 aromatic heterocycles. The highest BCUT2D eigenvalue weighted by atomic mass is 79.9. The Labute approximate surface area is 125 Å². The molecule has 10 heteroatoms. The van der Waals surface area contributed by atoms with E-state index in [1.165, 1.54) is 0 Å². The number of hydrogen-bond acceptors (Lipinski definition) is 4. The standard InChI is InChI=1S/C10H9BrClF3N2O3/c11-6-1-2-7(17(19)20)9(8(6)10(13,14)15)16-4-5(18)3-12/h1-2,5,16,18H,3-4H2. The molecule has 1 unspecified atom stereocenters. The Morgan fingerprint density at radius 2 is 2.10 bits per heavy atom. The Morgan fingerprint density at radius 1 is 1.50 bits per heavy atom. The molecule has 0 spiro atoms. The van der Waals surface area contributed by atoms with Crippen LogP contribution in [0.25, 0.3) is 0 Å². The lowest BCUT2D eigenvalue weighted by atomic mass is 10.1. The van der Waals surface area contributed by atoms with Crippen molar-refractivity contribution in [1.82, 2.24) is 0 Å². The highest BCUT2D eigenvalue weighted by Crippen LogP contribution is 2.44. The molecule has 0 heterocycles. The first-order valence-electron chi connectivity index (χ1n) is 5.20. The number of benzene rings is 1. The SMILES string of the molecule is O=[N+]([O-])c1ccc(Br)c(C(F)(F)F)c1NCC(O)CCl. The molecular weight excluding hydrogens is 368 g/mol. The van der Waals surface area contributed by atoms with E-state index in [0.29, 0.717) is 0 Å². The minimum atomic E-state index is -4.79. The number of nitrogens with one attached hydrogen (secondary N) is 1. The van der Waals surface area contributed by atoms with Gasteiger partial charge >= 0.3 is 6.18 Å². The van der Waals surface area contributed by atoms with Crippen molar-refractivity contribution in [1.29, 1.82) is 0 Å². The zero-order valence-corrected chi connectivity index (χ0v) is 12.1. The first-order valence-corrected chi connectivity index (χ1v) is 6.53. The van der Waals surface area contributed by atoms with Crippen LogP contribution in [0.5, 0.6) is 0 Å². The minimum absolute atomic E-state index is 0.212. The van der Waals surface area contributed by atoms with Gasteiger partial charge in [0.1, 0.15) is 5.69 Å². The summed E-state index contributed by atoms with van der Waals surface area (Å²) in [6, 6.07) is 1.89. The van der Waals surface area contributed by atoms with Crippen molar-refractivity contribution in [3.05, 3.63) is 32.3 Å². The number of alkyl halides is 4. The van der Waals surface area contributed by atoms with E-state index in [4.69, 9.17) is 11.6 Å². The van der Waals surface area contributed by atoms with Crippen LogP contribution >= 0.6 is 27.5 Å². The molecule has 0 bridgehead atoms. The normalized spacial score (nSPS) is 13.1. The van der Waals surface area contributed by atoms with Crippen LogP contribution in [-0.4, -0.2) is 28.6 Å². The predicted molar refractivity (Wildman–Crippen MR) is 71.0 cm³/mol. The van der Waals surface area contributed by atoms with Gasteiger partial charge in [-0.25, -0.2) is 0 Å². The van der Waals surface area contributed by atoms with Gasteiger partial charge < -0.3 is 10.4 Å². The van der Waals surface area contributed by atoms with Gasteiger partial charge in [0.05, 0.1) is 22.5 Å². The lowest BCUT2D eigenvalue weighted by Gasteiger charge is -2.17. The first-order chi connectivity index (χ1) is 9.18. The molecule has 5 nitrogen and oxygen atoms in total. The first kappa shape index (κ1) is 17.0. The van der Waals surface area contributed by atoms with Crippen molar-refractivity contribution in [2.75, 3.05) is 17.7 Å². The fraction of sp³-hybridized carbons (Fsp3) is 0.400. The summed E-state index contributed by atoms with van der Waals surface area (Å²) in [6.07, 6.45) is -5.92. The summed E-state index contributed by atoms with van der Waals surface area (Å²) in [7, 11) is 0. The second-order valence-corrected chi connectivity index (χ2v) is 4.92. The van der Waals surface area contributed by atoms with Crippen LogP contribution in [0.1, 0.15) is 5.56 Å². The molecule has 112 valence electrons. The van der Waals surface area contributed by atoms with E-state index in [2.05, 4.69) is 21.2 Å². The Kier molecular flexibility index (Phi) is 5.60. The van der Waals surface area contributed by atoms with Crippen molar-refractivity contribution in [3.63, 3.8) is 0 Å². The number of anilines is 1. The summed E-state index contributed by atoms with van der Waals surface area (Å²) < 4.78 is 38.6. The van der Waals surface area contributed by atoms with Crippen LogP contribution in [0.3, 0.4) is 0 Å². The highest BCUT2D eigenvalue weighted by molar-refractivity contribution is 9.10. The van der Waals surface area contributed by atoms with Gasteiger partial charge in [-0.15, -0.1) is 11.6 Å². The molecular formula is C10H9BrClF3N2O3. The maximum Gasteiger partial charge on any atom is 0.419 e. The van der Waals surface area contributed by atoms with Crippen molar-refractivity contribution < 1.29 is 23.2 Å². The Morgan fingerprint density at radius 3 is 2.55 bits per heavy atom. The van der Waals surface area contributed by atoms with Crippen molar-refractivity contribution in [2.45, 2.75) is 12.3 Å². The number of hydrogen-bond donors (Lipinski definition) is 2. The topological polar surface area (TPSA) is 75.4 Å². The average Bonchev–Trinajstić information content (AvgIpc) is 2.33. The largest absolute Gasteiger partial charge is 0.419 e. The molecule has 1 rings (SSSR count). The van der Waals surface area contributed by atoms with Gasteiger partial charge in [0.25, 0.3) is 5.69 Å². The lowest BCUT2D eigenvalue weighted by Crippen LogP contribution is -2.23. The monoisotopic (exact) mass is 376 g/mol. The summed E-state index contributed by atoms with van der Waals surface area (Å²) in [5.74, 6) is -0.212. The van der Waals surface area contributed by atoms with E-state index in [-0.39, 0.29) is 16.9 Å². The highest BCUT2D eigenvalue weighted by Gasteiger charge is 2.39. The molecule has 2 N–H and O–H groups in total. The number of aliphatic hydroxyl groups excluding tert-OH is 1. The fourth-order valence-corrected chi connectivity index (χ4v) is 2.11. The van der Waals surface area contributed by atoms with Crippen molar-refractivity contribution in [3.8, 4) is 0 Å². The second-order valence-electron chi connectivity index (χ2n) is 3.76. The van der Waals surface area contributed by atoms with E-state index in [1.54, 1.807) is 0 Å². The van der Waals surface area contributed by atoms with Crippen LogP contribution in [0, 0.1) is 10.1 Å². The molecule has 1 aromatic carbocycles. The molecule has 0 amide bonds. The zero-order valence-electron chi connectivity index (χ0n) is 9.75. The number of nitro benzene ring substituents is 1. The van der Waals surface area contributed by atoms with E-state index < -0.39 is 34.1 Å². The Bertz CT molecular complexity index is 513.